The Bertz CT molecular complexity index is 605. The highest BCUT2D eigenvalue weighted by atomic mass is 32.2. The number of nitrogens with one attached hydrogen (secondary N) is 1. The lowest BCUT2D eigenvalue weighted by Crippen LogP contribution is -2.05. The van der Waals surface area contributed by atoms with Gasteiger partial charge in [0.1, 0.15) is 5.76 Å². The van der Waals surface area contributed by atoms with Gasteiger partial charge in [-0.3, -0.25) is 4.79 Å². The highest BCUT2D eigenvalue weighted by molar-refractivity contribution is 7.98. The molecule has 0 bridgehead atoms. The van der Waals surface area contributed by atoms with Crippen LogP contribution in [0.4, 0.5) is 0 Å². The maximum absolute atomic E-state index is 11.2. The Labute approximate surface area is 106 Å². The lowest BCUT2D eigenvalue weighted by molar-refractivity contribution is 0.0563. The number of ether oxygens (including phenoxy) is 1. The molecule has 94 valence electrons. The molecule has 2 heterocycles. The minimum absolute atomic E-state index is 0.155. The number of carbonyl (C=O) groups excluding carboxylic acids is 1. The summed E-state index contributed by atoms with van der Waals surface area (Å²) in [7, 11) is 1.29. The predicted octanol–water partition coefficient (Wildman–Crippen LogP) is 1.44. The van der Waals surface area contributed by atoms with E-state index in [1.807, 2.05) is 0 Å². The van der Waals surface area contributed by atoms with Crippen LogP contribution in [0.1, 0.15) is 16.3 Å². The zero-order chi connectivity index (χ0) is 13.0. The number of hydrogen-bond acceptors (Lipinski definition) is 6. The third-order valence-electron chi connectivity index (χ3n) is 2.05. The Kier molecular flexibility index (Phi) is 3.83. The molecule has 0 saturated carbocycles. The Morgan fingerprint density at radius 3 is 3.06 bits per heavy atom. The number of hydrogen-bond donors (Lipinski definition) is 1. The number of methoxy groups -OCH3 is 1. The van der Waals surface area contributed by atoms with E-state index in [-0.39, 0.29) is 11.3 Å². The van der Waals surface area contributed by atoms with E-state index < -0.39 is 5.97 Å². The summed E-state index contributed by atoms with van der Waals surface area (Å²) in [5.74, 6) is 0.705. The molecule has 0 aliphatic rings. The minimum Gasteiger partial charge on any atom is -0.463 e. The van der Waals surface area contributed by atoms with Crippen LogP contribution in [0.3, 0.4) is 0 Å². The van der Waals surface area contributed by atoms with Gasteiger partial charge in [0.25, 0.3) is 5.56 Å². The summed E-state index contributed by atoms with van der Waals surface area (Å²) in [6.07, 6.45) is 1.43. The maximum atomic E-state index is 11.2. The van der Waals surface area contributed by atoms with E-state index in [1.54, 1.807) is 12.1 Å². The molecule has 18 heavy (non-hydrogen) atoms. The van der Waals surface area contributed by atoms with Crippen LogP contribution in [-0.4, -0.2) is 23.0 Å². The lowest BCUT2D eigenvalue weighted by atomic mass is 10.4. The highest BCUT2D eigenvalue weighted by Crippen LogP contribution is 2.19. The van der Waals surface area contributed by atoms with Crippen LogP contribution in [-0.2, 0) is 10.5 Å². The van der Waals surface area contributed by atoms with E-state index in [2.05, 4.69) is 14.7 Å². The fourth-order valence-corrected chi connectivity index (χ4v) is 1.97. The van der Waals surface area contributed by atoms with Crippen molar-refractivity contribution >= 4 is 17.7 Å². The molecule has 0 amide bonds. The van der Waals surface area contributed by atoms with Crippen LogP contribution in [0.5, 0.6) is 0 Å². The molecular weight excluding hydrogens is 256 g/mol. The molecule has 1 N–H and O–H groups in total. The molecule has 0 radical (unpaired) electrons. The van der Waals surface area contributed by atoms with Gasteiger partial charge in [0.2, 0.25) is 5.76 Å². The van der Waals surface area contributed by atoms with Crippen molar-refractivity contribution in [1.29, 1.82) is 0 Å². The van der Waals surface area contributed by atoms with E-state index >= 15 is 0 Å². The number of nitrogens with zero attached hydrogens (tertiary/aromatic N) is 1. The first-order valence-electron chi connectivity index (χ1n) is 5.04. The second-order valence-electron chi connectivity index (χ2n) is 3.29. The fourth-order valence-electron chi connectivity index (χ4n) is 1.23. The van der Waals surface area contributed by atoms with Crippen LogP contribution in [0.2, 0.25) is 0 Å². The van der Waals surface area contributed by atoms with Crippen LogP contribution in [0.15, 0.2) is 38.8 Å². The summed E-state index contributed by atoms with van der Waals surface area (Å²) in [6, 6.07) is 4.56. The van der Waals surface area contributed by atoms with Crippen molar-refractivity contribution in [3.8, 4) is 0 Å². The zero-order valence-electron chi connectivity index (χ0n) is 9.50. The Hall–Kier alpha value is -2.02. The Morgan fingerprint density at radius 1 is 1.50 bits per heavy atom. The summed E-state index contributed by atoms with van der Waals surface area (Å²) in [5, 5.41) is 0.499. The largest absolute Gasteiger partial charge is 0.463 e. The second-order valence-corrected chi connectivity index (χ2v) is 4.25. The van der Waals surface area contributed by atoms with Gasteiger partial charge in [0, 0.05) is 12.3 Å². The van der Waals surface area contributed by atoms with Crippen molar-refractivity contribution in [1.82, 2.24) is 9.97 Å². The third kappa shape index (κ3) is 3.01. The first-order chi connectivity index (χ1) is 8.69. The molecule has 0 aromatic carbocycles. The van der Waals surface area contributed by atoms with Crippen molar-refractivity contribution in [3.05, 3.63) is 46.3 Å². The first kappa shape index (κ1) is 12.4. The summed E-state index contributed by atoms with van der Waals surface area (Å²) in [6.45, 7) is 0. The summed E-state index contributed by atoms with van der Waals surface area (Å²) >= 11 is 1.31. The normalized spacial score (nSPS) is 10.3. The van der Waals surface area contributed by atoms with E-state index in [0.29, 0.717) is 16.7 Å². The second kappa shape index (κ2) is 5.54. The first-order valence-corrected chi connectivity index (χ1v) is 6.03. The molecule has 2 aromatic heterocycles. The van der Waals surface area contributed by atoms with Gasteiger partial charge < -0.3 is 14.1 Å². The monoisotopic (exact) mass is 266 g/mol. The quantitative estimate of drug-likeness (QED) is 0.512. The highest BCUT2D eigenvalue weighted by Gasteiger charge is 2.11. The van der Waals surface area contributed by atoms with Gasteiger partial charge in [0.15, 0.2) is 5.16 Å². The van der Waals surface area contributed by atoms with E-state index in [4.69, 9.17) is 4.42 Å². The van der Waals surface area contributed by atoms with Gasteiger partial charge in [-0.25, -0.2) is 9.78 Å². The maximum Gasteiger partial charge on any atom is 0.373 e. The van der Waals surface area contributed by atoms with Gasteiger partial charge in [0.05, 0.1) is 12.9 Å². The lowest BCUT2D eigenvalue weighted by Gasteiger charge is -1.97. The molecule has 0 aliphatic carbocycles. The zero-order valence-corrected chi connectivity index (χ0v) is 10.3. The van der Waals surface area contributed by atoms with E-state index in [1.165, 1.54) is 31.1 Å². The Morgan fingerprint density at radius 2 is 2.33 bits per heavy atom. The number of aromatic amines is 1. The van der Waals surface area contributed by atoms with Gasteiger partial charge >= 0.3 is 5.97 Å². The van der Waals surface area contributed by atoms with Crippen LogP contribution in [0.25, 0.3) is 0 Å². The molecule has 0 aliphatic heterocycles. The number of rotatable bonds is 4. The van der Waals surface area contributed by atoms with Crippen LogP contribution in [0, 0.1) is 0 Å². The van der Waals surface area contributed by atoms with Crippen molar-refractivity contribution < 1.29 is 13.9 Å². The van der Waals surface area contributed by atoms with E-state index in [0.717, 1.165) is 0 Å². The number of furan rings is 1. The number of aromatic nitrogens is 2. The average molecular weight is 266 g/mol. The standard InChI is InChI=1S/C11H10N2O4S/c1-16-10(15)8-3-2-7(17-8)6-18-11-12-5-4-9(14)13-11/h2-5H,6H2,1H3,(H,12,13,14). The molecule has 0 spiro atoms. The van der Waals surface area contributed by atoms with Gasteiger partial charge in [-0.15, -0.1) is 0 Å². The SMILES string of the molecule is COC(=O)c1ccc(CSc2nccc(=O)[nH]2)o1. The summed E-state index contributed by atoms with van der Waals surface area (Å²) < 4.78 is 9.80. The summed E-state index contributed by atoms with van der Waals surface area (Å²) in [5.41, 5.74) is -0.206. The Balaban J connectivity index is 2.00. The van der Waals surface area contributed by atoms with Crippen LogP contribution < -0.4 is 5.56 Å². The topological polar surface area (TPSA) is 85.2 Å². The summed E-state index contributed by atoms with van der Waals surface area (Å²) in [4.78, 5) is 28.8. The van der Waals surface area contributed by atoms with Crippen molar-refractivity contribution in [3.63, 3.8) is 0 Å². The molecule has 2 rings (SSSR count). The predicted molar refractivity (Wildman–Crippen MR) is 64.5 cm³/mol. The molecule has 0 atom stereocenters. The van der Waals surface area contributed by atoms with E-state index in [9.17, 15) is 9.59 Å². The van der Waals surface area contributed by atoms with Gasteiger partial charge in [-0.2, -0.15) is 0 Å². The molecule has 0 fully saturated rings. The molecule has 0 saturated heterocycles. The third-order valence-corrected chi connectivity index (χ3v) is 2.96. The van der Waals surface area contributed by atoms with Gasteiger partial charge in [-0.1, -0.05) is 11.8 Å². The molecule has 7 heteroatoms. The molecule has 0 unspecified atom stereocenters. The van der Waals surface area contributed by atoms with Crippen molar-refractivity contribution in [2.75, 3.05) is 7.11 Å². The van der Waals surface area contributed by atoms with Crippen molar-refractivity contribution in [2.45, 2.75) is 10.9 Å². The van der Waals surface area contributed by atoms with Crippen LogP contribution >= 0.6 is 11.8 Å². The minimum atomic E-state index is -0.516. The average Bonchev–Trinajstić information content (AvgIpc) is 2.84. The molecular formula is C11H10N2O4S. The fraction of sp³-hybridized carbons (Fsp3) is 0.182. The van der Waals surface area contributed by atoms with Gasteiger partial charge in [-0.05, 0) is 12.1 Å². The molecule has 2 aromatic rings. The number of esters is 1. The van der Waals surface area contributed by atoms with Crippen molar-refractivity contribution in [2.24, 2.45) is 0 Å². The number of thioether (sulfide) groups is 1. The smallest absolute Gasteiger partial charge is 0.373 e. The molecule has 6 nitrogen and oxygen atoms in total. The number of H-pyrrole nitrogens is 1. The number of carbonyl (C=O) groups is 1.